The van der Waals surface area contributed by atoms with Crippen molar-refractivity contribution in [1.82, 2.24) is 4.90 Å². The number of halogens is 1. The minimum absolute atomic E-state index is 0.0548. The molecule has 24 heavy (non-hydrogen) atoms. The van der Waals surface area contributed by atoms with E-state index in [0.717, 1.165) is 30.5 Å². The summed E-state index contributed by atoms with van der Waals surface area (Å²) in [6.07, 6.45) is 2.35. The van der Waals surface area contributed by atoms with E-state index >= 15 is 0 Å². The van der Waals surface area contributed by atoms with Gasteiger partial charge in [-0.2, -0.15) is 0 Å². The molecule has 3 rings (SSSR count). The Bertz CT molecular complexity index is 697. The van der Waals surface area contributed by atoms with Gasteiger partial charge in [0.2, 0.25) is 5.91 Å². The van der Waals surface area contributed by atoms with Crippen LogP contribution < -0.4 is 0 Å². The van der Waals surface area contributed by atoms with Crippen LogP contribution in [0.4, 0.5) is 4.39 Å². The second kappa shape index (κ2) is 7.04. The number of benzene rings is 2. The molecule has 0 unspecified atom stereocenters. The molecular formula is C20H22FNO2. The summed E-state index contributed by atoms with van der Waals surface area (Å²) in [4.78, 5) is 14.7. The van der Waals surface area contributed by atoms with E-state index in [2.05, 4.69) is 0 Å². The van der Waals surface area contributed by atoms with Gasteiger partial charge in [-0.15, -0.1) is 0 Å². The first-order valence-electron chi connectivity index (χ1n) is 8.38. The van der Waals surface area contributed by atoms with Crippen LogP contribution in [0.15, 0.2) is 48.5 Å². The largest absolute Gasteiger partial charge is 0.508 e. The number of amides is 1. The fraction of sp³-hybridized carbons (Fsp3) is 0.350. The third-order valence-corrected chi connectivity index (χ3v) is 4.77. The van der Waals surface area contributed by atoms with Crippen molar-refractivity contribution in [2.75, 3.05) is 6.54 Å². The molecule has 1 fully saturated rings. The number of carbonyl (C=O) groups is 1. The van der Waals surface area contributed by atoms with Crippen molar-refractivity contribution in [3.63, 3.8) is 0 Å². The van der Waals surface area contributed by atoms with Gasteiger partial charge in [0.1, 0.15) is 11.6 Å². The van der Waals surface area contributed by atoms with Crippen molar-refractivity contribution in [2.24, 2.45) is 0 Å². The second-order valence-corrected chi connectivity index (χ2v) is 6.49. The molecule has 126 valence electrons. The Labute approximate surface area is 141 Å². The van der Waals surface area contributed by atoms with Crippen LogP contribution in [0.5, 0.6) is 5.75 Å². The Hall–Kier alpha value is -2.36. The van der Waals surface area contributed by atoms with Crippen molar-refractivity contribution in [1.29, 1.82) is 0 Å². The molecule has 1 aliphatic rings. The number of carbonyl (C=O) groups excluding carboxylic acids is 1. The third-order valence-electron chi connectivity index (χ3n) is 4.77. The summed E-state index contributed by atoms with van der Waals surface area (Å²) in [6.45, 7) is 2.76. The van der Waals surface area contributed by atoms with Crippen LogP contribution in [-0.4, -0.2) is 22.5 Å². The second-order valence-electron chi connectivity index (χ2n) is 6.49. The van der Waals surface area contributed by atoms with Gasteiger partial charge in [-0.25, -0.2) is 4.39 Å². The van der Waals surface area contributed by atoms with Crippen LogP contribution in [0, 0.1) is 5.82 Å². The molecule has 0 aromatic heterocycles. The van der Waals surface area contributed by atoms with Crippen molar-refractivity contribution in [2.45, 2.75) is 38.1 Å². The molecule has 2 aromatic rings. The van der Waals surface area contributed by atoms with E-state index in [1.54, 1.807) is 24.3 Å². The Morgan fingerprint density at radius 2 is 1.88 bits per heavy atom. The van der Waals surface area contributed by atoms with Gasteiger partial charge in [0.05, 0.1) is 6.04 Å². The molecule has 0 spiro atoms. The number of nitrogens with zero attached hydrogens (tertiary/aromatic N) is 1. The summed E-state index contributed by atoms with van der Waals surface area (Å²) in [5.41, 5.74) is 2.04. The maximum absolute atomic E-state index is 13.0. The maximum Gasteiger partial charge on any atom is 0.223 e. The van der Waals surface area contributed by atoms with Gasteiger partial charge in [0.25, 0.3) is 0 Å². The summed E-state index contributed by atoms with van der Waals surface area (Å²) in [5, 5.41) is 9.43. The molecule has 1 heterocycles. The lowest BCUT2D eigenvalue weighted by Gasteiger charge is -2.26. The molecule has 0 aliphatic carbocycles. The minimum atomic E-state index is -0.260. The third kappa shape index (κ3) is 3.58. The zero-order valence-corrected chi connectivity index (χ0v) is 13.8. The Balaban J connectivity index is 1.69. The molecule has 0 saturated carbocycles. The zero-order chi connectivity index (χ0) is 17.1. The van der Waals surface area contributed by atoms with Gasteiger partial charge in [0, 0.05) is 13.0 Å². The first-order chi connectivity index (χ1) is 11.5. The zero-order valence-electron chi connectivity index (χ0n) is 13.8. The van der Waals surface area contributed by atoms with Gasteiger partial charge < -0.3 is 10.0 Å². The summed E-state index contributed by atoms with van der Waals surface area (Å²) >= 11 is 0. The van der Waals surface area contributed by atoms with Gasteiger partial charge in [-0.3, -0.25) is 4.79 Å². The topological polar surface area (TPSA) is 40.5 Å². The monoisotopic (exact) mass is 327 g/mol. The fourth-order valence-electron chi connectivity index (χ4n) is 3.40. The van der Waals surface area contributed by atoms with Crippen molar-refractivity contribution >= 4 is 5.91 Å². The SMILES string of the molecule is C[C@@H](CC(=O)N1CCC[C@H]1c1ccc(O)cc1)c1ccc(F)cc1. The number of likely N-dealkylation sites (tertiary alicyclic amines) is 1. The Morgan fingerprint density at radius 3 is 2.54 bits per heavy atom. The normalized spacial score (nSPS) is 18.6. The average Bonchev–Trinajstić information content (AvgIpc) is 3.06. The highest BCUT2D eigenvalue weighted by Gasteiger charge is 2.30. The molecule has 0 bridgehead atoms. The first kappa shape index (κ1) is 16.5. The molecule has 3 nitrogen and oxygen atoms in total. The predicted octanol–water partition coefficient (Wildman–Crippen LogP) is 4.39. The number of hydrogen-bond acceptors (Lipinski definition) is 2. The van der Waals surface area contributed by atoms with E-state index in [4.69, 9.17) is 0 Å². The smallest absolute Gasteiger partial charge is 0.223 e. The number of rotatable bonds is 4. The van der Waals surface area contributed by atoms with E-state index in [1.807, 2.05) is 24.0 Å². The van der Waals surface area contributed by atoms with Crippen LogP contribution >= 0.6 is 0 Å². The maximum atomic E-state index is 13.0. The standard InChI is InChI=1S/C20H22FNO2/c1-14(15-4-8-17(21)9-5-15)13-20(24)22-12-2-3-19(22)16-6-10-18(23)11-7-16/h4-11,14,19,23H,2-3,12-13H2,1H3/t14-,19-/m0/s1. The lowest BCUT2D eigenvalue weighted by molar-refractivity contribution is -0.132. The van der Waals surface area contributed by atoms with Crippen molar-refractivity contribution in [3.8, 4) is 5.75 Å². The summed E-state index contributed by atoms with van der Waals surface area (Å²) in [6, 6.07) is 13.5. The lowest BCUT2D eigenvalue weighted by Crippen LogP contribution is -2.31. The molecule has 2 atom stereocenters. The Kier molecular flexibility index (Phi) is 4.84. The van der Waals surface area contributed by atoms with Crippen LogP contribution in [0.2, 0.25) is 0 Å². The van der Waals surface area contributed by atoms with Crippen LogP contribution in [0.25, 0.3) is 0 Å². The quantitative estimate of drug-likeness (QED) is 0.905. The summed E-state index contributed by atoms with van der Waals surface area (Å²) < 4.78 is 13.0. The summed E-state index contributed by atoms with van der Waals surface area (Å²) in [7, 11) is 0. The lowest BCUT2D eigenvalue weighted by atomic mass is 9.96. The van der Waals surface area contributed by atoms with Crippen LogP contribution in [0.1, 0.15) is 49.3 Å². The molecular weight excluding hydrogens is 305 g/mol. The van der Waals surface area contributed by atoms with Gasteiger partial charge in [-0.05, 0) is 54.2 Å². The average molecular weight is 327 g/mol. The number of aromatic hydroxyl groups is 1. The van der Waals surface area contributed by atoms with Gasteiger partial charge in [-0.1, -0.05) is 31.2 Å². The van der Waals surface area contributed by atoms with Crippen molar-refractivity contribution < 1.29 is 14.3 Å². The molecule has 1 amide bonds. The highest BCUT2D eigenvalue weighted by atomic mass is 19.1. The van der Waals surface area contributed by atoms with E-state index in [0.29, 0.717) is 6.42 Å². The number of phenols is 1. The van der Waals surface area contributed by atoms with Gasteiger partial charge in [0.15, 0.2) is 0 Å². The van der Waals surface area contributed by atoms with Crippen LogP contribution in [-0.2, 0) is 4.79 Å². The minimum Gasteiger partial charge on any atom is -0.508 e. The fourth-order valence-corrected chi connectivity index (χ4v) is 3.40. The molecule has 1 saturated heterocycles. The molecule has 4 heteroatoms. The number of hydrogen-bond donors (Lipinski definition) is 1. The van der Waals surface area contributed by atoms with E-state index in [1.165, 1.54) is 12.1 Å². The van der Waals surface area contributed by atoms with Gasteiger partial charge >= 0.3 is 0 Å². The molecule has 1 N–H and O–H groups in total. The highest BCUT2D eigenvalue weighted by molar-refractivity contribution is 5.78. The first-order valence-corrected chi connectivity index (χ1v) is 8.38. The highest BCUT2D eigenvalue weighted by Crippen LogP contribution is 2.34. The van der Waals surface area contributed by atoms with E-state index in [-0.39, 0.29) is 29.4 Å². The van der Waals surface area contributed by atoms with Crippen molar-refractivity contribution in [3.05, 3.63) is 65.5 Å². The predicted molar refractivity (Wildman–Crippen MR) is 91.2 cm³/mol. The summed E-state index contributed by atoms with van der Waals surface area (Å²) in [5.74, 6) is 0.158. The number of phenolic OH excluding ortho intramolecular Hbond substituents is 1. The van der Waals surface area contributed by atoms with E-state index < -0.39 is 0 Å². The molecule has 1 aliphatic heterocycles. The Morgan fingerprint density at radius 1 is 1.21 bits per heavy atom. The van der Waals surface area contributed by atoms with E-state index in [9.17, 15) is 14.3 Å². The molecule has 0 radical (unpaired) electrons. The van der Waals surface area contributed by atoms with Crippen LogP contribution in [0.3, 0.4) is 0 Å². The molecule has 2 aromatic carbocycles.